The number of benzene rings is 2. The molecule has 0 radical (unpaired) electrons. The van der Waals surface area contributed by atoms with Crippen LogP contribution in [0.25, 0.3) is 0 Å². The van der Waals surface area contributed by atoms with E-state index in [4.69, 9.17) is 9.90 Å². The second-order valence-corrected chi connectivity index (χ2v) is 7.46. The van der Waals surface area contributed by atoms with Crippen molar-refractivity contribution in [2.75, 3.05) is 35.8 Å². The van der Waals surface area contributed by atoms with E-state index in [0.717, 1.165) is 12.7 Å². The van der Waals surface area contributed by atoms with Crippen LogP contribution in [0.1, 0.15) is 6.92 Å². The third-order valence-corrected chi connectivity index (χ3v) is 5.66. The van der Waals surface area contributed by atoms with Crippen LogP contribution in [0.3, 0.4) is 0 Å². The van der Waals surface area contributed by atoms with Gasteiger partial charge in [-0.25, -0.2) is 0 Å². The van der Waals surface area contributed by atoms with Crippen LogP contribution in [0.4, 0.5) is 17.1 Å². The molecule has 1 N–H and O–H groups in total. The number of thioether (sulfide) groups is 1. The molecular weight excluding hydrogens is 374 g/mol. The molecule has 0 fully saturated rings. The van der Waals surface area contributed by atoms with E-state index < -0.39 is 5.97 Å². The van der Waals surface area contributed by atoms with Gasteiger partial charge in [0.1, 0.15) is 5.82 Å². The highest BCUT2D eigenvalue weighted by atomic mass is 32.2. The molecule has 0 amide bonds. The SMILES string of the molecule is CC(=O)O.CN1C(=CN=NC2Sc3ccccc3N2C)N(C)c2ccccc21. The lowest BCUT2D eigenvalue weighted by Gasteiger charge is -2.18. The second kappa shape index (κ2) is 8.35. The summed E-state index contributed by atoms with van der Waals surface area (Å²) in [5.41, 5.74) is 3.56. The molecule has 8 heteroatoms. The maximum Gasteiger partial charge on any atom is 0.300 e. The van der Waals surface area contributed by atoms with Crippen molar-refractivity contribution in [1.82, 2.24) is 0 Å². The standard InChI is InChI=1S/C18H19N5S.C2H4O2/c1-21-13-8-4-5-9-14(13)22(2)17(21)12-19-20-18-23(3)15-10-6-7-11-16(15)24-18;1-2(3)4/h4-12,18H,1-3H3;1H3,(H,3,4). The number of nitrogens with zero attached hydrogens (tertiary/aromatic N) is 5. The highest BCUT2D eigenvalue weighted by molar-refractivity contribution is 8.00. The highest BCUT2D eigenvalue weighted by Gasteiger charge is 2.27. The van der Waals surface area contributed by atoms with Crippen LogP contribution in [-0.4, -0.2) is 37.7 Å². The summed E-state index contributed by atoms with van der Waals surface area (Å²) in [4.78, 5) is 16.7. The molecule has 0 bridgehead atoms. The van der Waals surface area contributed by atoms with Crippen LogP contribution in [0.2, 0.25) is 0 Å². The van der Waals surface area contributed by atoms with Crippen molar-refractivity contribution < 1.29 is 9.90 Å². The van der Waals surface area contributed by atoms with Crippen LogP contribution < -0.4 is 14.7 Å². The minimum Gasteiger partial charge on any atom is -0.481 e. The van der Waals surface area contributed by atoms with Crippen LogP contribution in [0.15, 0.2) is 75.7 Å². The lowest BCUT2D eigenvalue weighted by atomic mass is 10.3. The highest BCUT2D eigenvalue weighted by Crippen LogP contribution is 2.43. The number of hydrogen-bond donors (Lipinski definition) is 1. The van der Waals surface area contributed by atoms with Crippen LogP contribution in [-0.2, 0) is 4.79 Å². The summed E-state index contributed by atoms with van der Waals surface area (Å²) in [6.07, 6.45) is 1.83. The van der Waals surface area contributed by atoms with E-state index in [9.17, 15) is 0 Å². The van der Waals surface area contributed by atoms with E-state index in [1.165, 1.54) is 22.0 Å². The minimum atomic E-state index is -0.833. The maximum atomic E-state index is 9.00. The van der Waals surface area contributed by atoms with E-state index in [2.05, 4.69) is 94.6 Å². The van der Waals surface area contributed by atoms with Crippen molar-refractivity contribution in [2.24, 2.45) is 10.2 Å². The first-order valence-electron chi connectivity index (χ1n) is 8.75. The molecule has 0 aliphatic carbocycles. The molecule has 7 nitrogen and oxygen atoms in total. The van der Waals surface area contributed by atoms with Crippen molar-refractivity contribution in [3.05, 3.63) is 60.6 Å². The Morgan fingerprint density at radius 3 is 2.04 bits per heavy atom. The second-order valence-electron chi connectivity index (χ2n) is 6.37. The summed E-state index contributed by atoms with van der Waals surface area (Å²) >= 11 is 1.72. The van der Waals surface area contributed by atoms with Crippen molar-refractivity contribution >= 4 is 34.8 Å². The third kappa shape index (κ3) is 3.96. The average molecular weight is 398 g/mol. The van der Waals surface area contributed by atoms with Gasteiger partial charge in [0.2, 0.25) is 0 Å². The first-order chi connectivity index (χ1) is 13.4. The third-order valence-electron chi connectivity index (χ3n) is 4.44. The van der Waals surface area contributed by atoms with Gasteiger partial charge in [-0.1, -0.05) is 36.0 Å². The molecule has 0 saturated carbocycles. The van der Waals surface area contributed by atoms with Crippen molar-refractivity contribution in [3.63, 3.8) is 0 Å². The lowest BCUT2D eigenvalue weighted by Crippen LogP contribution is -2.22. The van der Waals surface area contributed by atoms with E-state index in [-0.39, 0.29) is 5.50 Å². The lowest BCUT2D eigenvalue weighted by molar-refractivity contribution is -0.134. The summed E-state index contributed by atoms with van der Waals surface area (Å²) in [7, 11) is 6.16. The Labute approximate surface area is 169 Å². The van der Waals surface area contributed by atoms with Gasteiger partial charge >= 0.3 is 0 Å². The van der Waals surface area contributed by atoms with Gasteiger partial charge in [0.05, 0.1) is 23.3 Å². The van der Waals surface area contributed by atoms with Crippen molar-refractivity contribution in [2.45, 2.75) is 17.3 Å². The summed E-state index contributed by atoms with van der Waals surface area (Å²) < 4.78 is 0. The number of azo groups is 1. The minimum absolute atomic E-state index is 0.0151. The van der Waals surface area contributed by atoms with Gasteiger partial charge in [0, 0.05) is 33.0 Å². The molecule has 2 aliphatic rings. The van der Waals surface area contributed by atoms with Gasteiger partial charge in [-0.05, 0) is 24.3 Å². The van der Waals surface area contributed by atoms with E-state index in [1.807, 2.05) is 6.20 Å². The van der Waals surface area contributed by atoms with E-state index >= 15 is 0 Å². The number of carboxylic acid groups (broad SMARTS) is 1. The number of aliphatic carboxylic acids is 1. The molecule has 0 aromatic heterocycles. The summed E-state index contributed by atoms with van der Waals surface area (Å²) in [6, 6.07) is 16.7. The van der Waals surface area contributed by atoms with Crippen LogP contribution in [0.5, 0.6) is 0 Å². The number of anilines is 3. The monoisotopic (exact) mass is 397 g/mol. The van der Waals surface area contributed by atoms with Crippen molar-refractivity contribution in [1.29, 1.82) is 0 Å². The number of carboxylic acids is 1. The van der Waals surface area contributed by atoms with Gasteiger partial charge in [0.15, 0.2) is 5.50 Å². The van der Waals surface area contributed by atoms with Gasteiger partial charge in [-0.3, -0.25) is 4.79 Å². The molecule has 2 heterocycles. The van der Waals surface area contributed by atoms with Gasteiger partial charge in [0.25, 0.3) is 5.97 Å². The molecule has 2 aromatic carbocycles. The van der Waals surface area contributed by atoms with E-state index in [1.54, 1.807) is 11.8 Å². The molecule has 4 rings (SSSR count). The van der Waals surface area contributed by atoms with Crippen molar-refractivity contribution in [3.8, 4) is 0 Å². The zero-order valence-electron chi connectivity index (χ0n) is 16.3. The zero-order valence-corrected chi connectivity index (χ0v) is 17.1. The Bertz CT molecular complexity index is 895. The molecule has 0 saturated heterocycles. The molecule has 0 spiro atoms. The number of hydrogen-bond acceptors (Lipinski definition) is 7. The summed E-state index contributed by atoms with van der Waals surface area (Å²) in [5.74, 6) is 0.183. The Balaban J connectivity index is 0.000000516. The van der Waals surface area contributed by atoms with Crippen LogP contribution >= 0.6 is 11.8 Å². The summed E-state index contributed by atoms with van der Waals surface area (Å²) in [6.45, 7) is 1.08. The number of para-hydroxylation sites is 3. The van der Waals surface area contributed by atoms with Gasteiger partial charge in [-0.2, -0.15) is 10.2 Å². The van der Waals surface area contributed by atoms with Gasteiger partial charge < -0.3 is 19.8 Å². The Kier molecular flexibility index (Phi) is 5.89. The van der Waals surface area contributed by atoms with E-state index in [0.29, 0.717) is 0 Å². The Morgan fingerprint density at radius 2 is 1.50 bits per heavy atom. The average Bonchev–Trinajstić information content (AvgIpc) is 3.11. The Hall–Kier alpha value is -3.00. The molecular formula is C20H23N5O2S. The largest absolute Gasteiger partial charge is 0.481 e. The predicted molar refractivity (Wildman–Crippen MR) is 114 cm³/mol. The number of carbonyl (C=O) groups is 1. The van der Waals surface area contributed by atoms with Gasteiger partial charge in [-0.15, -0.1) is 0 Å². The fourth-order valence-electron chi connectivity index (χ4n) is 3.08. The smallest absolute Gasteiger partial charge is 0.300 e. The quantitative estimate of drug-likeness (QED) is 0.756. The number of rotatable bonds is 2. The molecule has 1 atom stereocenters. The first-order valence-corrected chi connectivity index (χ1v) is 9.62. The fourth-order valence-corrected chi connectivity index (χ4v) is 4.17. The molecule has 2 aromatic rings. The zero-order chi connectivity index (χ0) is 20.3. The predicted octanol–water partition coefficient (Wildman–Crippen LogP) is 4.44. The fraction of sp³-hybridized carbons (Fsp3) is 0.250. The molecule has 146 valence electrons. The van der Waals surface area contributed by atoms with Crippen LogP contribution in [0, 0.1) is 0 Å². The maximum absolute atomic E-state index is 9.00. The molecule has 28 heavy (non-hydrogen) atoms. The Morgan fingerprint density at radius 1 is 1.00 bits per heavy atom. The first kappa shape index (κ1) is 19.8. The molecule has 1 unspecified atom stereocenters. The normalized spacial score (nSPS) is 17.4. The topological polar surface area (TPSA) is 71.7 Å². The number of fused-ring (bicyclic) bond motifs is 2. The summed E-state index contributed by atoms with van der Waals surface area (Å²) in [5, 5.41) is 16.3. The molecule has 2 aliphatic heterocycles.